The van der Waals surface area contributed by atoms with Gasteiger partial charge in [0.15, 0.2) is 0 Å². The van der Waals surface area contributed by atoms with Gasteiger partial charge in [0.1, 0.15) is 16.7 Å². The van der Waals surface area contributed by atoms with E-state index in [0.29, 0.717) is 12.4 Å². The Balaban J connectivity index is 2.42. The number of ether oxygens (including phenoxy) is 1. The summed E-state index contributed by atoms with van der Waals surface area (Å²) in [6.45, 7) is 3.95. The van der Waals surface area contributed by atoms with E-state index in [0.717, 1.165) is 17.1 Å². The molecule has 0 fully saturated rings. The summed E-state index contributed by atoms with van der Waals surface area (Å²) in [4.78, 5) is 20.3. The molecule has 2 rings (SSSR count). The van der Waals surface area contributed by atoms with Crippen LogP contribution in [0.2, 0.25) is 5.15 Å². The molecule has 6 heteroatoms. The number of nitrogens with zero attached hydrogens (tertiary/aromatic N) is 3. The summed E-state index contributed by atoms with van der Waals surface area (Å²) in [5, 5.41) is 0.202. The smallest absolute Gasteiger partial charge is 0.255 e. The monoisotopic (exact) mass is 279 g/mol. The Hall–Kier alpha value is -1.88. The van der Waals surface area contributed by atoms with Gasteiger partial charge < -0.3 is 4.74 Å². The number of methoxy groups -OCH3 is 1. The fourth-order valence-corrected chi connectivity index (χ4v) is 2.06. The van der Waals surface area contributed by atoms with E-state index in [9.17, 15) is 4.79 Å². The molecule has 5 nitrogen and oxygen atoms in total. The summed E-state index contributed by atoms with van der Waals surface area (Å²) in [5.41, 5.74) is 1.38. The third-order valence-electron chi connectivity index (χ3n) is 2.70. The second-order valence-electron chi connectivity index (χ2n) is 4.19. The fraction of sp³-hybridized carbons (Fsp3) is 0.308. The number of aromatic nitrogens is 3. The third kappa shape index (κ3) is 3.12. The standard InChI is InChI=1S/C13H14ClN3O2/c1-8-4-11(19-3)5-10(15-8)7-17-9(2)16-12(14)6-13(17)18/h4-6H,7H2,1-3H3. The first-order valence-corrected chi connectivity index (χ1v) is 6.13. The molecule has 0 amide bonds. The minimum Gasteiger partial charge on any atom is -0.497 e. The van der Waals surface area contributed by atoms with Crippen LogP contribution in [0.3, 0.4) is 0 Å². The van der Waals surface area contributed by atoms with Crippen LogP contribution in [0.4, 0.5) is 0 Å². The third-order valence-corrected chi connectivity index (χ3v) is 2.90. The maximum absolute atomic E-state index is 11.9. The molecule has 0 aliphatic rings. The lowest BCUT2D eigenvalue weighted by Gasteiger charge is -2.10. The number of aryl methyl sites for hydroxylation is 2. The lowest BCUT2D eigenvalue weighted by atomic mass is 10.3. The molecule has 0 atom stereocenters. The molecule has 0 saturated heterocycles. The SMILES string of the molecule is COc1cc(C)nc(Cn2c(C)nc(Cl)cc2=O)c1. The second kappa shape index (κ2) is 5.40. The van der Waals surface area contributed by atoms with Gasteiger partial charge in [-0.05, 0) is 13.8 Å². The van der Waals surface area contributed by atoms with Crippen molar-refractivity contribution in [1.82, 2.24) is 14.5 Å². The van der Waals surface area contributed by atoms with Crippen molar-refractivity contribution in [1.29, 1.82) is 0 Å². The van der Waals surface area contributed by atoms with Crippen molar-refractivity contribution in [3.05, 3.63) is 50.9 Å². The molecule has 19 heavy (non-hydrogen) atoms. The predicted molar refractivity (Wildman–Crippen MR) is 72.9 cm³/mol. The molecule has 0 bridgehead atoms. The summed E-state index contributed by atoms with van der Waals surface area (Å²) in [7, 11) is 1.60. The minimum atomic E-state index is -0.195. The van der Waals surface area contributed by atoms with Gasteiger partial charge in [0.25, 0.3) is 5.56 Å². The van der Waals surface area contributed by atoms with Crippen LogP contribution in [-0.4, -0.2) is 21.6 Å². The van der Waals surface area contributed by atoms with Gasteiger partial charge in [-0.3, -0.25) is 14.3 Å². The first kappa shape index (κ1) is 13.5. The molecule has 0 N–H and O–H groups in total. The molecule has 0 aliphatic carbocycles. The fourth-order valence-electron chi connectivity index (χ4n) is 1.84. The molecule has 2 aromatic heterocycles. The molecular weight excluding hydrogens is 266 g/mol. The van der Waals surface area contributed by atoms with Crippen LogP contribution in [0.1, 0.15) is 17.2 Å². The van der Waals surface area contributed by atoms with Crippen molar-refractivity contribution in [2.45, 2.75) is 20.4 Å². The zero-order valence-electron chi connectivity index (χ0n) is 11.0. The first-order valence-electron chi connectivity index (χ1n) is 5.75. The zero-order chi connectivity index (χ0) is 14.0. The molecule has 100 valence electrons. The van der Waals surface area contributed by atoms with Gasteiger partial charge >= 0.3 is 0 Å². The van der Waals surface area contributed by atoms with Gasteiger partial charge in [-0.2, -0.15) is 0 Å². The molecule has 0 radical (unpaired) electrons. The van der Waals surface area contributed by atoms with Gasteiger partial charge in [0.2, 0.25) is 0 Å². The van der Waals surface area contributed by atoms with Gasteiger partial charge in [0, 0.05) is 23.9 Å². The van der Waals surface area contributed by atoms with Crippen molar-refractivity contribution in [3.63, 3.8) is 0 Å². The summed E-state index contributed by atoms with van der Waals surface area (Å²) < 4.78 is 6.71. The van der Waals surface area contributed by atoms with E-state index in [-0.39, 0.29) is 10.7 Å². The van der Waals surface area contributed by atoms with Gasteiger partial charge in [-0.25, -0.2) is 4.98 Å². The summed E-state index contributed by atoms with van der Waals surface area (Å²) >= 11 is 5.74. The average molecular weight is 280 g/mol. The minimum absolute atomic E-state index is 0.195. The lowest BCUT2D eigenvalue weighted by molar-refractivity contribution is 0.412. The zero-order valence-corrected chi connectivity index (χ0v) is 11.7. The molecule has 0 aliphatic heterocycles. The first-order chi connectivity index (χ1) is 8.99. The van der Waals surface area contributed by atoms with Crippen molar-refractivity contribution >= 4 is 11.6 Å². The van der Waals surface area contributed by atoms with E-state index in [1.807, 2.05) is 13.0 Å². The summed E-state index contributed by atoms with van der Waals surface area (Å²) in [6.07, 6.45) is 0. The van der Waals surface area contributed by atoms with Crippen molar-refractivity contribution < 1.29 is 4.74 Å². The Morgan fingerprint density at radius 2 is 2.00 bits per heavy atom. The van der Waals surface area contributed by atoms with Crippen molar-refractivity contribution in [3.8, 4) is 5.75 Å². The molecule has 2 heterocycles. The van der Waals surface area contributed by atoms with Crippen LogP contribution in [0.15, 0.2) is 23.0 Å². The maximum Gasteiger partial charge on any atom is 0.255 e. The number of halogens is 1. The van der Waals surface area contributed by atoms with Crippen molar-refractivity contribution in [2.75, 3.05) is 7.11 Å². The van der Waals surface area contributed by atoms with Gasteiger partial charge in [-0.15, -0.1) is 0 Å². The number of pyridine rings is 1. The highest BCUT2D eigenvalue weighted by atomic mass is 35.5. The number of rotatable bonds is 3. The normalized spacial score (nSPS) is 10.5. The van der Waals surface area contributed by atoms with Crippen LogP contribution in [0, 0.1) is 13.8 Å². The summed E-state index contributed by atoms with van der Waals surface area (Å²) in [6, 6.07) is 4.92. The highest BCUT2D eigenvalue weighted by Gasteiger charge is 2.07. The Labute approximate surface area is 115 Å². The van der Waals surface area contributed by atoms with Crippen LogP contribution >= 0.6 is 11.6 Å². The van der Waals surface area contributed by atoms with E-state index in [4.69, 9.17) is 16.3 Å². The molecule has 0 spiro atoms. The molecular formula is C13H14ClN3O2. The van der Waals surface area contributed by atoms with E-state index in [1.54, 1.807) is 20.1 Å². The van der Waals surface area contributed by atoms with E-state index in [2.05, 4.69) is 9.97 Å². The van der Waals surface area contributed by atoms with E-state index in [1.165, 1.54) is 10.6 Å². The second-order valence-corrected chi connectivity index (χ2v) is 4.58. The largest absolute Gasteiger partial charge is 0.497 e. The quantitative estimate of drug-likeness (QED) is 0.806. The van der Waals surface area contributed by atoms with Crippen LogP contribution < -0.4 is 10.3 Å². The lowest BCUT2D eigenvalue weighted by Crippen LogP contribution is -2.24. The molecule has 0 aromatic carbocycles. The van der Waals surface area contributed by atoms with Crippen LogP contribution in [0.5, 0.6) is 5.75 Å². The molecule has 0 saturated carbocycles. The van der Waals surface area contributed by atoms with Gasteiger partial charge in [-0.1, -0.05) is 11.6 Å². The Kier molecular flexibility index (Phi) is 3.85. The predicted octanol–water partition coefficient (Wildman–Crippen LogP) is 1.97. The Morgan fingerprint density at radius 3 is 2.63 bits per heavy atom. The highest BCUT2D eigenvalue weighted by Crippen LogP contribution is 2.14. The topological polar surface area (TPSA) is 57.0 Å². The van der Waals surface area contributed by atoms with Gasteiger partial charge in [0.05, 0.1) is 19.3 Å². The molecule has 0 unspecified atom stereocenters. The summed E-state index contributed by atoms with van der Waals surface area (Å²) in [5.74, 6) is 1.27. The van der Waals surface area contributed by atoms with E-state index >= 15 is 0 Å². The van der Waals surface area contributed by atoms with Crippen LogP contribution in [0.25, 0.3) is 0 Å². The molecule has 2 aromatic rings. The van der Waals surface area contributed by atoms with Crippen molar-refractivity contribution in [2.24, 2.45) is 0 Å². The Morgan fingerprint density at radius 1 is 1.26 bits per heavy atom. The highest BCUT2D eigenvalue weighted by molar-refractivity contribution is 6.29. The number of hydrogen-bond acceptors (Lipinski definition) is 4. The maximum atomic E-state index is 11.9. The number of hydrogen-bond donors (Lipinski definition) is 0. The van der Waals surface area contributed by atoms with Crippen LogP contribution in [-0.2, 0) is 6.54 Å². The average Bonchev–Trinajstić information content (AvgIpc) is 2.33. The van der Waals surface area contributed by atoms with E-state index < -0.39 is 0 Å². The Bertz CT molecular complexity index is 667.